The molecule has 0 saturated carbocycles. The van der Waals surface area contributed by atoms with Gasteiger partial charge in [0.2, 0.25) is 5.91 Å². The quantitative estimate of drug-likeness (QED) is 0.757. The number of rotatable bonds is 6. The van der Waals surface area contributed by atoms with E-state index in [1.165, 1.54) is 12.1 Å². The first-order valence-corrected chi connectivity index (χ1v) is 7.66. The maximum atomic E-state index is 12.8. The largest absolute Gasteiger partial charge is 0.497 e. The van der Waals surface area contributed by atoms with Gasteiger partial charge in [-0.05, 0) is 35.9 Å². The second-order valence-electron chi connectivity index (χ2n) is 5.45. The van der Waals surface area contributed by atoms with Gasteiger partial charge in [0.05, 0.1) is 25.4 Å². The van der Waals surface area contributed by atoms with Crippen molar-refractivity contribution in [3.8, 4) is 5.75 Å². The van der Waals surface area contributed by atoms with Crippen LogP contribution in [-0.2, 0) is 17.9 Å². The topological polar surface area (TPSA) is 56.2 Å². The zero-order valence-corrected chi connectivity index (χ0v) is 13.3. The molecule has 6 heteroatoms. The molecule has 0 unspecified atom stereocenters. The van der Waals surface area contributed by atoms with Crippen molar-refractivity contribution in [3.63, 3.8) is 0 Å². The lowest BCUT2D eigenvalue weighted by atomic mass is 10.2. The van der Waals surface area contributed by atoms with Crippen LogP contribution >= 0.6 is 0 Å². The van der Waals surface area contributed by atoms with E-state index in [1.54, 1.807) is 30.1 Å². The normalized spacial score (nSPS) is 10.8. The molecule has 1 amide bonds. The number of benzene rings is 2. The van der Waals surface area contributed by atoms with Gasteiger partial charge in [0.15, 0.2) is 0 Å². The van der Waals surface area contributed by atoms with Gasteiger partial charge in [-0.25, -0.2) is 4.39 Å². The molecule has 3 rings (SSSR count). The molecular formula is C18H18FN3O2. The summed E-state index contributed by atoms with van der Waals surface area (Å²) in [5, 5.41) is 8.11. The van der Waals surface area contributed by atoms with Crippen LogP contribution in [0, 0.1) is 5.82 Å². The Morgan fingerprint density at radius 2 is 2.04 bits per heavy atom. The summed E-state index contributed by atoms with van der Waals surface area (Å²) in [5.74, 6) is 0.419. The number of halogens is 1. The predicted octanol–water partition coefficient (Wildman–Crippen LogP) is 2.89. The highest BCUT2D eigenvalue weighted by molar-refractivity contribution is 5.80. The van der Waals surface area contributed by atoms with Gasteiger partial charge in [-0.3, -0.25) is 9.48 Å². The van der Waals surface area contributed by atoms with E-state index in [0.29, 0.717) is 19.5 Å². The molecule has 0 aliphatic carbocycles. The molecule has 0 atom stereocenters. The van der Waals surface area contributed by atoms with Crippen LogP contribution in [0.25, 0.3) is 10.9 Å². The summed E-state index contributed by atoms with van der Waals surface area (Å²) in [6.07, 6.45) is 2.08. The third-order valence-corrected chi connectivity index (χ3v) is 3.80. The Morgan fingerprint density at radius 1 is 1.25 bits per heavy atom. The van der Waals surface area contributed by atoms with E-state index >= 15 is 0 Å². The van der Waals surface area contributed by atoms with Crippen molar-refractivity contribution in [1.29, 1.82) is 0 Å². The standard InChI is InChI=1S/C18H18FN3O2/c1-24-16-6-7-17-14(10-16)12-21-22(17)9-8-18(23)20-11-13-2-4-15(19)5-3-13/h2-7,10,12H,8-9,11H2,1H3,(H,20,23). The summed E-state index contributed by atoms with van der Waals surface area (Å²) in [5.41, 5.74) is 1.82. The molecule has 0 radical (unpaired) electrons. The molecule has 5 nitrogen and oxygen atoms in total. The van der Waals surface area contributed by atoms with Crippen molar-refractivity contribution in [3.05, 3.63) is 60.0 Å². The lowest BCUT2D eigenvalue weighted by molar-refractivity contribution is -0.121. The van der Waals surface area contributed by atoms with Gasteiger partial charge >= 0.3 is 0 Å². The molecule has 0 aliphatic heterocycles. The summed E-state index contributed by atoms with van der Waals surface area (Å²) in [6.45, 7) is 0.876. The minimum Gasteiger partial charge on any atom is -0.497 e. The number of carbonyl (C=O) groups is 1. The van der Waals surface area contributed by atoms with E-state index in [4.69, 9.17) is 4.74 Å². The number of aryl methyl sites for hydroxylation is 1. The molecule has 0 spiro atoms. The molecule has 3 aromatic rings. The van der Waals surface area contributed by atoms with Crippen LogP contribution in [0.4, 0.5) is 4.39 Å². The van der Waals surface area contributed by atoms with Gasteiger partial charge in [-0.1, -0.05) is 12.1 Å². The summed E-state index contributed by atoms with van der Waals surface area (Å²) < 4.78 is 19.8. The second-order valence-corrected chi connectivity index (χ2v) is 5.45. The van der Waals surface area contributed by atoms with E-state index in [-0.39, 0.29) is 11.7 Å². The highest BCUT2D eigenvalue weighted by atomic mass is 19.1. The van der Waals surface area contributed by atoms with Crippen LogP contribution in [0.3, 0.4) is 0 Å². The average molecular weight is 327 g/mol. The van der Waals surface area contributed by atoms with Crippen LogP contribution in [-0.4, -0.2) is 22.8 Å². The van der Waals surface area contributed by atoms with Gasteiger partial charge in [-0.15, -0.1) is 0 Å². The van der Waals surface area contributed by atoms with Gasteiger partial charge in [0.25, 0.3) is 0 Å². The van der Waals surface area contributed by atoms with Crippen LogP contribution in [0.15, 0.2) is 48.7 Å². The van der Waals surface area contributed by atoms with Crippen LogP contribution in [0.5, 0.6) is 5.75 Å². The number of hydrogen-bond acceptors (Lipinski definition) is 3. The zero-order chi connectivity index (χ0) is 16.9. The second kappa shape index (κ2) is 7.12. The predicted molar refractivity (Wildman–Crippen MR) is 89.1 cm³/mol. The third kappa shape index (κ3) is 3.71. The number of carbonyl (C=O) groups excluding carboxylic acids is 1. The van der Waals surface area contributed by atoms with E-state index in [1.807, 2.05) is 18.2 Å². The Morgan fingerprint density at radius 3 is 2.79 bits per heavy atom. The van der Waals surface area contributed by atoms with Gasteiger partial charge in [0.1, 0.15) is 11.6 Å². The minimum atomic E-state index is -0.285. The van der Waals surface area contributed by atoms with Crippen LogP contribution in [0.2, 0.25) is 0 Å². The maximum Gasteiger partial charge on any atom is 0.222 e. The fraction of sp³-hybridized carbons (Fsp3) is 0.222. The molecule has 0 aliphatic rings. The Kier molecular flexibility index (Phi) is 4.74. The number of amides is 1. The first-order chi connectivity index (χ1) is 11.7. The lowest BCUT2D eigenvalue weighted by Gasteiger charge is -2.07. The summed E-state index contributed by atoms with van der Waals surface area (Å²) in [6, 6.07) is 11.8. The number of ether oxygens (including phenoxy) is 1. The van der Waals surface area contributed by atoms with Crippen molar-refractivity contribution < 1.29 is 13.9 Å². The van der Waals surface area contributed by atoms with Crippen molar-refractivity contribution in [2.75, 3.05) is 7.11 Å². The smallest absolute Gasteiger partial charge is 0.222 e. The first-order valence-electron chi connectivity index (χ1n) is 7.66. The molecule has 0 saturated heterocycles. The Balaban J connectivity index is 1.55. The SMILES string of the molecule is COc1ccc2c(cnn2CCC(=O)NCc2ccc(F)cc2)c1. The summed E-state index contributed by atoms with van der Waals surface area (Å²) in [4.78, 5) is 12.0. The number of nitrogens with zero attached hydrogens (tertiary/aromatic N) is 2. The number of fused-ring (bicyclic) bond motifs is 1. The average Bonchev–Trinajstić information content (AvgIpc) is 3.01. The highest BCUT2D eigenvalue weighted by Gasteiger charge is 2.07. The number of aromatic nitrogens is 2. The van der Waals surface area contributed by atoms with Crippen molar-refractivity contribution >= 4 is 16.8 Å². The molecule has 2 aromatic carbocycles. The lowest BCUT2D eigenvalue weighted by Crippen LogP contribution is -2.24. The molecular weight excluding hydrogens is 309 g/mol. The van der Waals surface area contributed by atoms with Crippen molar-refractivity contribution in [2.24, 2.45) is 0 Å². The summed E-state index contributed by atoms with van der Waals surface area (Å²) in [7, 11) is 1.62. The van der Waals surface area contributed by atoms with E-state index < -0.39 is 0 Å². The van der Waals surface area contributed by atoms with Gasteiger partial charge < -0.3 is 10.1 Å². The molecule has 0 bridgehead atoms. The zero-order valence-electron chi connectivity index (χ0n) is 13.3. The van der Waals surface area contributed by atoms with E-state index in [0.717, 1.165) is 22.2 Å². The van der Waals surface area contributed by atoms with Gasteiger partial charge in [0, 0.05) is 18.4 Å². The summed E-state index contributed by atoms with van der Waals surface area (Å²) >= 11 is 0. The van der Waals surface area contributed by atoms with E-state index in [9.17, 15) is 9.18 Å². The minimum absolute atomic E-state index is 0.0727. The Labute approximate surface area is 139 Å². The van der Waals surface area contributed by atoms with Crippen molar-refractivity contribution in [1.82, 2.24) is 15.1 Å². The Hall–Kier alpha value is -2.89. The number of hydrogen-bond donors (Lipinski definition) is 1. The molecule has 1 heterocycles. The molecule has 24 heavy (non-hydrogen) atoms. The fourth-order valence-corrected chi connectivity index (χ4v) is 2.47. The van der Waals surface area contributed by atoms with E-state index in [2.05, 4.69) is 10.4 Å². The third-order valence-electron chi connectivity index (χ3n) is 3.80. The molecule has 1 N–H and O–H groups in total. The van der Waals surface area contributed by atoms with Crippen LogP contribution in [0.1, 0.15) is 12.0 Å². The number of methoxy groups -OCH3 is 1. The van der Waals surface area contributed by atoms with Gasteiger partial charge in [-0.2, -0.15) is 5.10 Å². The molecule has 1 aromatic heterocycles. The number of nitrogens with one attached hydrogen (secondary N) is 1. The Bertz CT molecular complexity index is 843. The van der Waals surface area contributed by atoms with Crippen molar-refractivity contribution in [2.45, 2.75) is 19.5 Å². The van der Waals surface area contributed by atoms with Crippen LogP contribution < -0.4 is 10.1 Å². The fourth-order valence-electron chi connectivity index (χ4n) is 2.47. The molecule has 0 fully saturated rings. The maximum absolute atomic E-state index is 12.8. The monoisotopic (exact) mass is 327 g/mol. The first kappa shape index (κ1) is 16.0. The molecule has 124 valence electrons. The highest BCUT2D eigenvalue weighted by Crippen LogP contribution is 2.20.